The van der Waals surface area contributed by atoms with Crippen molar-refractivity contribution < 1.29 is 19.1 Å². The predicted octanol–water partition coefficient (Wildman–Crippen LogP) is 2.78. The number of benzene rings is 2. The van der Waals surface area contributed by atoms with Gasteiger partial charge in [0.2, 0.25) is 5.91 Å². The van der Waals surface area contributed by atoms with Crippen LogP contribution in [0.1, 0.15) is 19.8 Å². The van der Waals surface area contributed by atoms with Gasteiger partial charge in [-0.3, -0.25) is 9.59 Å². The lowest BCUT2D eigenvalue weighted by atomic mass is 10.0. The molecule has 1 N–H and O–H groups in total. The minimum Gasteiger partial charge on any atom is -0.490 e. The molecule has 0 aliphatic carbocycles. The maximum absolute atomic E-state index is 12.7. The first-order valence-electron chi connectivity index (χ1n) is 9.19. The highest BCUT2D eigenvalue weighted by Crippen LogP contribution is 2.26. The highest BCUT2D eigenvalue weighted by atomic mass is 16.5. The van der Waals surface area contributed by atoms with E-state index in [1.165, 1.54) is 0 Å². The van der Waals surface area contributed by atoms with Crippen LogP contribution in [0.25, 0.3) is 0 Å². The Balaban J connectivity index is 1.57. The number of para-hydroxylation sites is 3. The summed E-state index contributed by atoms with van der Waals surface area (Å²) >= 11 is 0. The molecular formula is C21H24N2O4. The van der Waals surface area contributed by atoms with E-state index in [0.29, 0.717) is 31.1 Å². The van der Waals surface area contributed by atoms with Gasteiger partial charge in [0.25, 0.3) is 5.91 Å². The summed E-state index contributed by atoms with van der Waals surface area (Å²) in [5.41, 5.74) is 0.850. The van der Waals surface area contributed by atoms with Crippen molar-refractivity contribution in [3.63, 3.8) is 0 Å². The molecular weight excluding hydrogens is 344 g/mol. The third kappa shape index (κ3) is 4.78. The topological polar surface area (TPSA) is 67.9 Å². The molecule has 1 fully saturated rings. The van der Waals surface area contributed by atoms with Gasteiger partial charge < -0.3 is 19.7 Å². The summed E-state index contributed by atoms with van der Waals surface area (Å²) in [6, 6.07) is 16.2. The van der Waals surface area contributed by atoms with Crippen molar-refractivity contribution in [1.29, 1.82) is 0 Å². The fourth-order valence-corrected chi connectivity index (χ4v) is 3.10. The molecule has 6 nitrogen and oxygen atoms in total. The summed E-state index contributed by atoms with van der Waals surface area (Å²) in [4.78, 5) is 26.7. The minimum atomic E-state index is -0.530. The van der Waals surface area contributed by atoms with Crippen molar-refractivity contribution >= 4 is 17.5 Å². The summed E-state index contributed by atoms with van der Waals surface area (Å²) in [5, 5.41) is 2.79. The fourth-order valence-electron chi connectivity index (χ4n) is 3.10. The summed E-state index contributed by atoms with van der Waals surface area (Å²) in [6.45, 7) is 2.89. The Morgan fingerprint density at radius 3 is 2.44 bits per heavy atom. The summed E-state index contributed by atoms with van der Waals surface area (Å²) in [5.74, 6) is 0.692. The Kier molecular flexibility index (Phi) is 6.30. The van der Waals surface area contributed by atoms with Gasteiger partial charge in [0, 0.05) is 12.2 Å². The smallest absolute Gasteiger partial charge is 0.258 e. The van der Waals surface area contributed by atoms with Crippen LogP contribution in [-0.4, -0.2) is 37.6 Å². The molecule has 2 aromatic rings. The second-order valence-corrected chi connectivity index (χ2v) is 6.26. The van der Waals surface area contributed by atoms with Gasteiger partial charge in [0.1, 0.15) is 6.04 Å². The van der Waals surface area contributed by atoms with Crippen LogP contribution < -0.4 is 19.7 Å². The third-order valence-corrected chi connectivity index (χ3v) is 4.35. The van der Waals surface area contributed by atoms with Crippen LogP contribution in [0.4, 0.5) is 5.69 Å². The van der Waals surface area contributed by atoms with Crippen LogP contribution in [0, 0.1) is 0 Å². The van der Waals surface area contributed by atoms with Crippen LogP contribution in [-0.2, 0) is 9.59 Å². The van der Waals surface area contributed by atoms with Crippen LogP contribution in [0.15, 0.2) is 54.6 Å². The van der Waals surface area contributed by atoms with Gasteiger partial charge in [0.05, 0.1) is 6.61 Å². The molecule has 142 valence electrons. The number of hydrogen-bond donors (Lipinski definition) is 1. The lowest BCUT2D eigenvalue weighted by molar-refractivity contribution is -0.129. The van der Waals surface area contributed by atoms with Crippen molar-refractivity contribution in [3.8, 4) is 11.5 Å². The molecule has 0 aromatic heterocycles. The van der Waals surface area contributed by atoms with E-state index < -0.39 is 6.04 Å². The summed E-state index contributed by atoms with van der Waals surface area (Å²) in [6.07, 6.45) is 1.46. The summed E-state index contributed by atoms with van der Waals surface area (Å²) < 4.78 is 11.1. The molecule has 1 aliphatic heterocycles. The zero-order chi connectivity index (χ0) is 19.1. The number of nitrogens with one attached hydrogen (secondary N) is 1. The number of anilines is 1. The molecule has 0 spiro atoms. The monoisotopic (exact) mass is 368 g/mol. The molecule has 0 saturated carbocycles. The Morgan fingerprint density at radius 1 is 1.07 bits per heavy atom. The van der Waals surface area contributed by atoms with Gasteiger partial charge in [-0.1, -0.05) is 30.3 Å². The van der Waals surface area contributed by atoms with Crippen molar-refractivity contribution in [2.75, 3.05) is 24.7 Å². The minimum absolute atomic E-state index is 0.0875. The van der Waals surface area contributed by atoms with Gasteiger partial charge >= 0.3 is 0 Å². The molecule has 1 unspecified atom stereocenters. The number of hydrogen-bond acceptors (Lipinski definition) is 4. The number of carbonyl (C=O) groups is 2. The maximum Gasteiger partial charge on any atom is 0.258 e. The Bertz CT molecular complexity index is 779. The number of amides is 2. The second-order valence-electron chi connectivity index (χ2n) is 6.26. The van der Waals surface area contributed by atoms with Crippen molar-refractivity contribution in [1.82, 2.24) is 5.32 Å². The number of nitrogens with zero attached hydrogens (tertiary/aromatic N) is 1. The molecule has 1 heterocycles. The molecule has 3 rings (SSSR count). The van der Waals surface area contributed by atoms with E-state index in [1.54, 1.807) is 17.0 Å². The zero-order valence-electron chi connectivity index (χ0n) is 15.4. The van der Waals surface area contributed by atoms with Gasteiger partial charge in [-0.2, -0.15) is 0 Å². The van der Waals surface area contributed by atoms with Crippen molar-refractivity contribution in [2.24, 2.45) is 0 Å². The number of piperidine rings is 1. The van der Waals surface area contributed by atoms with Gasteiger partial charge in [-0.15, -0.1) is 0 Å². The average Bonchev–Trinajstić information content (AvgIpc) is 2.70. The standard InChI is InChI=1S/C21H24N2O4/c1-2-26-18-12-6-7-13-19(18)27-15-20(24)22-17-11-8-14-23(21(17)25)16-9-4-3-5-10-16/h3-7,9-10,12-13,17H,2,8,11,14-15H2,1H3,(H,22,24). The van der Waals surface area contributed by atoms with Gasteiger partial charge in [-0.05, 0) is 44.0 Å². The molecule has 1 atom stereocenters. The van der Waals surface area contributed by atoms with E-state index in [9.17, 15) is 9.59 Å². The molecule has 27 heavy (non-hydrogen) atoms. The van der Waals surface area contributed by atoms with Gasteiger partial charge in [0.15, 0.2) is 18.1 Å². The van der Waals surface area contributed by atoms with Crippen LogP contribution in [0.5, 0.6) is 11.5 Å². The number of ether oxygens (including phenoxy) is 2. The largest absolute Gasteiger partial charge is 0.490 e. The molecule has 6 heteroatoms. The lowest BCUT2D eigenvalue weighted by Gasteiger charge is -2.32. The molecule has 1 saturated heterocycles. The first kappa shape index (κ1) is 18.8. The summed E-state index contributed by atoms with van der Waals surface area (Å²) in [7, 11) is 0. The van der Waals surface area contributed by atoms with E-state index >= 15 is 0 Å². The molecule has 2 aromatic carbocycles. The number of rotatable bonds is 7. The van der Waals surface area contributed by atoms with Crippen LogP contribution in [0.2, 0.25) is 0 Å². The molecule has 2 amide bonds. The van der Waals surface area contributed by atoms with Crippen molar-refractivity contribution in [3.05, 3.63) is 54.6 Å². The molecule has 1 aliphatic rings. The average molecular weight is 368 g/mol. The maximum atomic E-state index is 12.7. The Hall–Kier alpha value is -3.02. The highest BCUT2D eigenvalue weighted by molar-refractivity contribution is 6.00. The van der Waals surface area contributed by atoms with Crippen LogP contribution in [0.3, 0.4) is 0 Å². The first-order valence-corrected chi connectivity index (χ1v) is 9.19. The van der Waals surface area contributed by atoms with E-state index in [0.717, 1.165) is 12.1 Å². The van der Waals surface area contributed by atoms with Crippen LogP contribution >= 0.6 is 0 Å². The first-order chi connectivity index (χ1) is 13.2. The molecule has 0 radical (unpaired) electrons. The quantitative estimate of drug-likeness (QED) is 0.816. The predicted molar refractivity (Wildman–Crippen MR) is 103 cm³/mol. The Morgan fingerprint density at radius 2 is 1.74 bits per heavy atom. The second kappa shape index (κ2) is 9.07. The van der Waals surface area contributed by atoms with E-state index in [1.807, 2.05) is 49.4 Å². The highest BCUT2D eigenvalue weighted by Gasteiger charge is 2.30. The lowest BCUT2D eigenvalue weighted by Crippen LogP contribution is -2.53. The van der Waals surface area contributed by atoms with Gasteiger partial charge in [-0.25, -0.2) is 0 Å². The Labute approximate surface area is 159 Å². The fraction of sp³-hybridized carbons (Fsp3) is 0.333. The van der Waals surface area contributed by atoms with E-state index in [2.05, 4.69) is 5.32 Å². The zero-order valence-corrected chi connectivity index (χ0v) is 15.4. The SMILES string of the molecule is CCOc1ccccc1OCC(=O)NC1CCCN(c2ccccc2)C1=O. The number of carbonyl (C=O) groups excluding carboxylic acids is 2. The normalized spacial score (nSPS) is 16.7. The molecule has 0 bridgehead atoms. The van der Waals surface area contributed by atoms with Crippen molar-refractivity contribution in [2.45, 2.75) is 25.8 Å². The third-order valence-electron chi connectivity index (χ3n) is 4.35. The van der Waals surface area contributed by atoms with E-state index in [4.69, 9.17) is 9.47 Å². The van der Waals surface area contributed by atoms with E-state index in [-0.39, 0.29) is 18.4 Å².